The van der Waals surface area contributed by atoms with Crippen LogP contribution in [0.5, 0.6) is 0 Å². The highest BCUT2D eigenvalue weighted by molar-refractivity contribution is 5.66. The average molecular weight is 224 g/mol. The van der Waals surface area contributed by atoms with E-state index in [1.54, 1.807) is 6.20 Å². The quantitative estimate of drug-likeness (QED) is 0.686. The molecule has 0 spiro atoms. The van der Waals surface area contributed by atoms with Gasteiger partial charge in [-0.3, -0.25) is 0 Å². The fourth-order valence-electron chi connectivity index (χ4n) is 1.82. The Morgan fingerprint density at radius 2 is 1.82 bits per heavy atom. The number of fused-ring (bicyclic) bond motifs is 1. The maximum Gasteiger partial charge on any atom is 0.198 e. The molecule has 0 atom stereocenters. The predicted molar refractivity (Wildman–Crippen MR) is 65.7 cm³/mol. The van der Waals surface area contributed by atoms with E-state index in [-0.39, 0.29) is 0 Å². The van der Waals surface area contributed by atoms with Gasteiger partial charge in [0.25, 0.3) is 0 Å². The number of oxazole rings is 1. The van der Waals surface area contributed by atoms with E-state index in [1.807, 2.05) is 30.3 Å². The van der Waals surface area contributed by atoms with Crippen LogP contribution in [0.2, 0.25) is 0 Å². The summed E-state index contributed by atoms with van der Waals surface area (Å²) in [6.07, 6.45) is 3.47. The van der Waals surface area contributed by atoms with Crippen molar-refractivity contribution in [2.24, 2.45) is 0 Å². The zero-order valence-corrected chi connectivity index (χ0v) is 9.34. The maximum absolute atomic E-state index is 5.62. The molecular formula is C14H12N2O. The predicted octanol–water partition coefficient (Wildman–Crippen LogP) is 3.01. The number of hydrogen-bond acceptors (Lipinski definition) is 3. The number of aryl methyl sites for hydroxylation is 2. The van der Waals surface area contributed by atoms with Gasteiger partial charge >= 0.3 is 0 Å². The molecule has 0 saturated carbocycles. The highest BCUT2D eigenvalue weighted by atomic mass is 16.3. The van der Waals surface area contributed by atoms with Crippen molar-refractivity contribution in [1.29, 1.82) is 0 Å². The Bertz CT molecular complexity index is 583. The van der Waals surface area contributed by atoms with Crippen molar-refractivity contribution in [3.63, 3.8) is 0 Å². The summed E-state index contributed by atoms with van der Waals surface area (Å²) in [7, 11) is 0. The van der Waals surface area contributed by atoms with Crippen LogP contribution in [-0.4, -0.2) is 9.97 Å². The molecule has 2 aromatic heterocycles. The molecule has 0 bridgehead atoms. The van der Waals surface area contributed by atoms with E-state index in [0.29, 0.717) is 5.65 Å². The minimum absolute atomic E-state index is 0.690. The van der Waals surface area contributed by atoms with Gasteiger partial charge in [0.05, 0.1) is 0 Å². The van der Waals surface area contributed by atoms with E-state index in [1.165, 1.54) is 5.56 Å². The topological polar surface area (TPSA) is 38.9 Å². The highest BCUT2D eigenvalue weighted by Crippen LogP contribution is 2.14. The van der Waals surface area contributed by atoms with Crippen molar-refractivity contribution >= 4 is 11.2 Å². The van der Waals surface area contributed by atoms with Gasteiger partial charge in [-0.25, -0.2) is 4.98 Å². The molecule has 17 heavy (non-hydrogen) atoms. The molecule has 0 aliphatic rings. The van der Waals surface area contributed by atoms with Crippen molar-refractivity contribution in [1.82, 2.24) is 9.97 Å². The molecular weight excluding hydrogens is 212 g/mol. The summed E-state index contributed by atoms with van der Waals surface area (Å²) in [4.78, 5) is 8.50. The van der Waals surface area contributed by atoms with Gasteiger partial charge in [-0.15, -0.1) is 0 Å². The fraction of sp³-hybridized carbons (Fsp3) is 0.143. The molecule has 0 aliphatic heterocycles. The van der Waals surface area contributed by atoms with Gasteiger partial charge in [-0.1, -0.05) is 30.3 Å². The zero-order valence-electron chi connectivity index (χ0n) is 9.34. The number of hydrogen-bond donors (Lipinski definition) is 0. The SMILES string of the molecule is c1ccc(CCc2nc3ncccc3o2)cc1. The van der Waals surface area contributed by atoms with E-state index in [4.69, 9.17) is 4.42 Å². The standard InChI is InChI=1S/C14H12N2O/c1-2-5-11(6-3-1)8-9-13-16-14-12(17-13)7-4-10-15-14/h1-7,10H,8-9H2. The van der Waals surface area contributed by atoms with Gasteiger partial charge in [0.2, 0.25) is 0 Å². The van der Waals surface area contributed by atoms with Crippen LogP contribution >= 0.6 is 0 Å². The van der Waals surface area contributed by atoms with Crippen LogP contribution in [0.15, 0.2) is 53.1 Å². The molecule has 84 valence electrons. The largest absolute Gasteiger partial charge is 0.439 e. The molecule has 0 fully saturated rings. The number of aromatic nitrogens is 2. The Morgan fingerprint density at radius 3 is 2.65 bits per heavy atom. The maximum atomic E-state index is 5.62. The summed E-state index contributed by atoms with van der Waals surface area (Å²) in [5, 5.41) is 0. The molecule has 0 radical (unpaired) electrons. The lowest BCUT2D eigenvalue weighted by atomic mass is 10.1. The number of benzene rings is 1. The Kier molecular flexibility index (Phi) is 2.58. The fourth-order valence-corrected chi connectivity index (χ4v) is 1.82. The molecule has 3 heteroatoms. The summed E-state index contributed by atoms with van der Waals surface area (Å²) in [5.74, 6) is 0.752. The van der Waals surface area contributed by atoms with Crippen molar-refractivity contribution in [2.75, 3.05) is 0 Å². The van der Waals surface area contributed by atoms with Crippen LogP contribution in [0, 0.1) is 0 Å². The van der Waals surface area contributed by atoms with Gasteiger partial charge in [0.15, 0.2) is 17.1 Å². The normalized spacial score (nSPS) is 10.8. The first-order chi connectivity index (χ1) is 8.42. The first-order valence-corrected chi connectivity index (χ1v) is 5.66. The van der Waals surface area contributed by atoms with Crippen LogP contribution in [-0.2, 0) is 12.8 Å². The van der Waals surface area contributed by atoms with Crippen LogP contribution in [0.1, 0.15) is 11.5 Å². The van der Waals surface area contributed by atoms with E-state index in [0.717, 1.165) is 24.3 Å². The van der Waals surface area contributed by atoms with E-state index in [2.05, 4.69) is 22.1 Å². The van der Waals surface area contributed by atoms with Crippen LogP contribution in [0.4, 0.5) is 0 Å². The summed E-state index contributed by atoms with van der Waals surface area (Å²) in [6.45, 7) is 0. The Hall–Kier alpha value is -2.16. The van der Waals surface area contributed by atoms with Gasteiger partial charge < -0.3 is 4.42 Å². The Balaban J connectivity index is 1.77. The van der Waals surface area contributed by atoms with Gasteiger partial charge in [0, 0.05) is 12.6 Å². The molecule has 3 aromatic rings. The molecule has 0 N–H and O–H groups in total. The molecule has 0 aliphatic carbocycles. The molecule has 0 saturated heterocycles. The molecule has 0 amide bonds. The monoisotopic (exact) mass is 224 g/mol. The molecule has 3 nitrogen and oxygen atoms in total. The lowest BCUT2D eigenvalue weighted by molar-refractivity contribution is 0.528. The summed E-state index contributed by atoms with van der Waals surface area (Å²) >= 11 is 0. The molecule has 2 heterocycles. The van der Waals surface area contributed by atoms with Crippen LogP contribution in [0.3, 0.4) is 0 Å². The van der Waals surface area contributed by atoms with Gasteiger partial charge in [-0.2, -0.15) is 4.98 Å². The third kappa shape index (κ3) is 2.18. The Morgan fingerprint density at radius 1 is 0.941 bits per heavy atom. The van der Waals surface area contributed by atoms with E-state index >= 15 is 0 Å². The first-order valence-electron chi connectivity index (χ1n) is 5.66. The second-order valence-electron chi connectivity index (χ2n) is 3.92. The van der Waals surface area contributed by atoms with Crippen LogP contribution < -0.4 is 0 Å². The average Bonchev–Trinajstić information content (AvgIpc) is 2.80. The first kappa shape index (κ1) is 10.0. The van der Waals surface area contributed by atoms with Crippen molar-refractivity contribution in [3.05, 3.63) is 60.1 Å². The molecule has 3 rings (SSSR count). The number of rotatable bonds is 3. The third-order valence-corrected chi connectivity index (χ3v) is 2.68. The third-order valence-electron chi connectivity index (χ3n) is 2.68. The van der Waals surface area contributed by atoms with Gasteiger partial charge in [0.1, 0.15) is 0 Å². The van der Waals surface area contributed by atoms with Crippen molar-refractivity contribution < 1.29 is 4.42 Å². The van der Waals surface area contributed by atoms with E-state index < -0.39 is 0 Å². The number of pyridine rings is 1. The minimum atomic E-state index is 0.690. The molecule has 1 aromatic carbocycles. The Labute approximate surface area is 99.1 Å². The van der Waals surface area contributed by atoms with Crippen LogP contribution in [0.25, 0.3) is 11.2 Å². The van der Waals surface area contributed by atoms with E-state index in [9.17, 15) is 0 Å². The lowest BCUT2D eigenvalue weighted by Gasteiger charge is -1.96. The molecule has 0 unspecified atom stereocenters. The minimum Gasteiger partial charge on any atom is -0.439 e. The van der Waals surface area contributed by atoms with Crippen molar-refractivity contribution in [2.45, 2.75) is 12.8 Å². The zero-order chi connectivity index (χ0) is 11.5. The number of nitrogens with zero attached hydrogens (tertiary/aromatic N) is 2. The smallest absolute Gasteiger partial charge is 0.198 e. The summed E-state index contributed by atoms with van der Waals surface area (Å²) < 4.78 is 5.62. The second kappa shape index (κ2) is 4.37. The highest BCUT2D eigenvalue weighted by Gasteiger charge is 2.05. The summed E-state index contributed by atoms with van der Waals surface area (Å²) in [6, 6.07) is 14.1. The summed E-state index contributed by atoms with van der Waals surface area (Å²) in [5.41, 5.74) is 2.74. The van der Waals surface area contributed by atoms with Gasteiger partial charge in [-0.05, 0) is 24.1 Å². The van der Waals surface area contributed by atoms with Crippen molar-refractivity contribution in [3.8, 4) is 0 Å². The lowest BCUT2D eigenvalue weighted by Crippen LogP contribution is -1.90. The second-order valence-corrected chi connectivity index (χ2v) is 3.92.